The van der Waals surface area contributed by atoms with Crippen LogP contribution >= 0.6 is 11.8 Å². The lowest BCUT2D eigenvalue weighted by Gasteiger charge is -2.21. The Bertz CT molecular complexity index is 145. The van der Waals surface area contributed by atoms with E-state index in [4.69, 9.17) is 5.11 Å². The second kappa shape index (κ2) is 3.95. The number of alkyl halides is 1. The number of rotatable bonds is 2. The predicted octanol–water partition coefficient (Wildman–Crippen LogP) is 1.55. The summed E-state index contributed by atoms with van der Waals surface area (Å²) < 4.78 is 12.8. The van der Waals surface area contributed by atoms with E-state index < -0.39 is 12.1 Å². The third-order valence-corrected chi connectivity index (χ3v) is 3.09. The summed E-state index contributed by atoms with van der Waals surface area (Å²) in [4.78, 5) is 10.2. The highest BCUT2D eigenvalue weighted by molar-refractivity contribution is 7.99. The van der Waals surface area contributed by atoms with Crippen molar-refractivity contribution in [2.45, 2.75) is 19.0 Å². The summed E-state index contributed by atoms with van der Waals surface area (Å²) in [6, 6.07) is 0. The number of halogens is 1. The lowest BCUT2D eigenvalue weighted by Crippen LogP contribution is -2.28. The van der Waals surface area contributed by atoms with Gasteiger partial charge in [-0.1, -0.05) is 0 Å². The van der Waals surface area contributed by atoms with Gasteiger partial charge in [-0.2, -0.15) is 11.8 Å². The number of carbonyl (C=O) groups is 1. The molecular formula is C7H11FO2S. The Morgan fingerprint density at radius 3 is 2.91 bits per heavy atom. The highest BCUT2D eigenvalue weighted by atomic mass is 32.2. The summed E-state index contributed by atoms with van der Waals surface area (Å²) in [7, 11) is 0. The Labute approximate surface area is 69.2 Å². The van der Waals surface area contributed by atoms with Gasteiger partial charge >= 0.3 is 5.97 Å². The largest absolute Gasteiger partial charge is 0.479 e. The van der Waals surface area contributed by atoms with Crippen LogP contribution in [0.3, 0.4) is 0 Å². The minimum Gasteiger partial charge on any atom is -0.479 e. The third-order valence-electron chi connectivity index (χ3n) is 1.85. The molecule has 0 aromatic heterocycles. The van der Waals surface area contributed by atoms with E-state index in [9.17, 15) is 9.18 Å². The van der Waals surface area contributed by atoms with Crippen LogP contribution in [0.4, 0.5) is 4.39 Å². The molecule has 0 aliphatic carbocycles. The topological polar surface area (TPSA) is 37.3 Å². The molecule has 1 rings (SSSR count). The molecular weight excluding hydrogens is 167 g/mol. The van der Waals surface area contributed by atoms with Crippen molar-refractivity contribution in [3.63, 3.8) is 0 Å². The average molecular weight is 178 g/mol. The second-order valence-electron chi connectivity index (χ2n) is 2.72. The molecule has 64 valence electrons. The van der Waals surface area contributed by atoms with Crippen LogP contribution in [0.2, 0.25) is 0 Å². The molecule has 1 fully saturated rings. The molecule has 4 heteroatoms. The van der Waals surface area contributed by atoms with Gasteiger partial charge in [0, 0.05) is 5.92 Å². The highest BCUT2D eigenvalue weighted by Crippen LogP contribution is 2.26. The van der Waals surface area contributed by atoms with E-state index in [1.54, 1.807) is 11.8 Å². The first-order valence-electron chi connectivity index (χ1n) is 3.66. The van der Waals surface area contributed by atoms with E-state index in [0.29, 0.717) is 5.75 Å². The van der Waals surface area contributed by atoms with Crippen molar-refractivity contribution in [2.24, 2.45) is 5.92 Å². The quantitative estimate of drug-likeness (QED) is 0.697. The molecule has 2 nitrogen and oxygen atoms in total. The van der Waals surface area contributed by atoms with Crippen molar-refractivity contribution in [2.75, 3.05) is 11.5 Å². The Balaban J connectivity index is 2.38. The number of carboxylic acid groups (broad SMARTS) is 1. The van der Waals surface area contributed by atoms with Gasteiger partial charge in [-0.15, -0.1) is 0 Å². The summed E-state index contributed by atoms with van der Waals surface area (Å²) in [5.41, 5.74) is 0. The molecule has 1 aliphatic heterocycles. The number of hydrogen-bond acceptors (Lipinski definition) is 2. The monoisotopic (exact) mass is 178 g/mol. The zero-order valence-electron chi connectivity index (χ0n) is 6.12. The zero-order chi connectivity index (χ0) is 8.27. The van der Waals surface area contributed by atoms with E-state index in [-0.39, 0.29) is 5.92 Å². The summed E-state index contributed by atoms with van der Waals surface area (Å²) in [5, 5.41) is 8.35. The Kier molecular flexibility index (Phi) is 3.17. The van der Waals surface area contributed by atoms with Gasteiger partial charge in [0.2, 0.25) is 6.17 Å². The highest BCUT2D eigenvalue weighted by Gasteiger charge is 2.28. The molecule has 0 aromatic carbocycles. The van der Waals surface area contributed by atoms with Gasteiger partial charge in [0.25, 0.3) is 0 Å². The van der Waals surface area contributed by atoms with Crippen LogP contribution in [0.5, 0.6) is 0 Å². The first-order chi connectivity index (χ1) is 5.22. The smallest absolute Gasteiger partial charge is 0.338 e. The Morgan fingerprint density at radius 1 is 1.73 bits per heavy atom. The van der Waals surface area contributed by atoms with Crippen LogP contribution in [-0.4, -0.2) is 28.8 Å². The van der Waals surface area contributed by atoms with Crippen molar-refractivity contribution in [1.29, 1.82) is 0 Å². The normalized spacial score (nSPS) is 27.9. The van der Waals surface area contributed by atoms with Gasteiger partial charge in [0.05, 0.1) is 0 Å². The van der Waals surface area contributed by atoms with E-state index in [2.05, 4.69) is 0 Å². The zero-order valence-corrected chi connectivity index (χ0v) is 6.94. The molecule has 1 saturated heterocycles. The molecule has 1 aliphatic rings. The maximum atomic E-state index is 12.8. The number of hydrogen-bond donors (Lipinski definition) is 1. The first-order valence-corrected chi connectivity index (χ1v) is 4.82. The molecule has 0 radical (unpaired) electrons. The van der Waals surface area contributed by atoms with Crippen molar-refractivity contribution >= 4 is 17.7 Å². The Morgan fingerprint density at radius 2 is 2.45 bits per heavy atom. The van der Waals surface area contributed by atoms with Crippen LogP contribution in [0.15, 0.2) is 0 Å². The molecule has 1 N–H and O–H groups in total. The Hall–Kier alpha value is -0.250. The summed E-state index contributed by atoms with van der Waals surface area (Å²) in [6.07, 6.45) is 0.0200. The van der Waals surface area contributed by atoms with Crippen molar-refractivity contribution in [3.05, 3.63) is 0 Å². The third kappa shape index (κ3) is 2.36. The SMILES string of the molecule is O=C(O)C(F)C1CCCSC1. The molecule has 0 spiro atoms. The lowest BCUT2D eigenvalue weighted by atomic mass is 10.00. The fraction of sp³-hybridized carbons (Fsp3) is 0.857. The van der Waals surface area contributed by atoms with Gasteiger partial charge in [-0.25, -0.2) is 9.18 Å². The van der Waals surface area contributed by atoms with E-state index >= 15 is 0 Å². The van der Waals surface area contributed by atoms with Gasteiger partial charge in [-0.05, 0) is 24.3 Å². The maximum absolute atomic E-state index is 12.8. The van der Waals surface area contributed by atoms with E-state index in [1.807, 2.05) is 0 Å². The standard InChI is InChI=1S/C7H11FO2S/c8-6(7(9)10)5-2-1-3-11-4-5/h5-6H,1-4H2,(H,9,10). The molecule has 11 heavy (non-hydrogen) atoms. The molecule has 2 unspecified atom stereocenters. The van der Waals surface area contributed by atoms with Crippen LogP contribution in [0, 0.1) is 5.92 Å². The van der Waals surface area contributed by atoms with Crippen LogP contribution in [0.25, 0.3) is 0 Å². The van der Waals surface area contributed by atoms with Crippen LogP contribution in [-0.2, 0) is 4.79 Å². The molecule has 0 aromatic rings. The average Bonchev–Trinajstić information content (AvgIpc) is 2.05. The van der Waals surface area contributed by atoms with Gasteiger partial charge in [0.1, 0.15) is 0 Å². The molecule has 1 heterocycles. The first kappa shape index (κ1) is 8.84. The van der Waals surface area contributed by atoms with Crippen molar-refractivity contribution in [1.82, 2.24) is 0 Å². The summed E-state index contributed by atoms with van der Waals surface area (Å²) in [6.45, 7) is 0. The van der Waals surface area contributed by atoms with Gasteiger partial charge in [-0.3, -0.25) is 0 Å². The van der Waals surface area contributed by atoms with Gasteiger partial charge in [0.15, 0.2) is 0 Å². The second-order valence-corrected chi connectivity index (χ2v) is 3.87. The number of carboxylic acids is 1. The van der Waals surface area contributed by atoms with Crippen LogP contribution < -0.4 is 0 Å². The molecule has 2 atom stereocenters. The van der Waals surface area contributed by atoms with Crippen molar-refractivity contribution < 1.29 is 14.3 Å². The number of aliphatic carboxylic acids is 1. The lowest BCUT2D eigenvalue weighted by molar-refractivity contribution is -0.144. The molecule has 0 bridgehead atoms. The van der Waals surface area contributed by atoms with E-state index in [1.165, 1.54) is 0 Å². The van der Waals surface area contributed by atoms with Gasteiger partial charge < -0.3 is 5.11 Å². The van der Waals surface area contributed by atoms with Crippen molar-refractivity contribution in [3.8, 4) is 0 Å². The minimum absolute atomic E-state index is 0.258. The minimum atomic E-state index is -1.65. The fourth-order valence-electron chi connectivity index (χ4n) is 1.20. The molecule has 0 amide bonds. The molecule has 0 saturated carbocycles. The maximum Gasteiger partial charge on any atom is 0.338 e. The summed E-state index contributed by atoms with van der Waals surface area (Å²) >= 11 is 1.65. The van der Waals surface area contributed by atoms with Crippen LogP contribution in [0.1, 0.15) is 12.8 Å². The fourth-order valence-corrected chi connectivity index (χ4v) is 2.37. The number of thioether (sulfide) groups is 1. The predicted molar refractivity (Wildman–Crippen MR) is 42.6 cm³/mol. The summed E-state index contributed by atoms with van der Waals surface area (Å²) in [5.74, 6) is 0.139. The van der Waals surface area contributed by atoms with E-state index in [0.717, 1.165) is 18.6 Å².